The van der Waals surface area contributed by atoms with Crippen LogP contribution in [0.25, 0.3) is 0 Å². The summed E-state index contributed by atoms with van der Waals surface area (Å²) < 4.78 is 49.7. The van der Waals surface area contributed by atoms with Crippen LogP contribution in [0.1, 0.15) is 13.8 Å². The number of nitrogens with one attached hydrogen (secondary N) is 1. The molecule has 0 amide bonds. The Morgan fingerprint density at radius 1 is 1.10 bits per heavy atom. The highest BCUT2D eigenvalue weighted by Gasteiger charge is 2.35. The molecule has 9 heteroatoms. The Bertz CT molecular complexity index is 721. The van der Waals surface area contributed by atoms with Crippen molar-refractivity contribution in [3.8, 4) is 0 Å². The summed E-state index contributed by atoms with van der Waals surface area (Å²) in [6, 6.07) is 4.72. The van der Waals surface area contributed by atoms with Crippen LogP contribution in [0.15, 0.2) is 34.1 Å². The molecule has 1 aliphatic heterocycles. The van der Waals surface area contributed by atoms with Crippen LogP contribution in [0, 0.1) is 0 Å². The van der Waals surface area contributed by atoms with Gasteiger partial charge in [0.15, 0.2) is 0 Å². The Kier molecular flexibility index (Phi) is 4.41. The highest BCUT2D eigenvalue weighted by molar-refractivity contribution is 7.90. The van der Waals surface area contributed by atoms with Gasteiger partial charge in [-0.05, 0) is 32.0 Å². The third-order valence-corrected chi connectivity index (χ3v) is 6.49. The van der Waals surface area contributed by atoms with Gasteiger partial charge < -0.3 is 5.32 Å². The zero-order valence-electron chi connectivity index (χ0n) is 11.9. The van der Waals surface area contributed by atoms with Crippen LogP contribution >= 0.6 is 0 Å². The molecule has 1 aliphatic rings. The number of piperazine rings is 1. The Morgan fingerprint density at radius 2 is 1.62 bits per heavy atom. The summed E-state index contributed by atoms with van der Waals surface area (Å²) in [6.07, 6.45) is 0. The second-order valence-electron chi connectivity index (χ2n) is 5.21. The van der Waals surface area contributed by atoms with E-state index in [0.717, 1.165) is 6.07 Å². The van der Waals surface area contributed by atoms with E-state index >= 15 is 0 Å². The zero-order chi connectivity index (χ0) is 15.8. The summed E-state index contributed by atoms with van der Waals surface area (Å²) in [5, 5.41) is 8.21. The fourth-order valence-corrected chi connectivity index (χ4v) is 5.02. The van der Waals surface area contributed by atoms with Crippen molar-refractivity contribution >= 4 is 20.0 Å². The van der Waals surface area contributed by atoms with E-state index in [1.165, 1.54) is 22.5 Å². The van der Waals surface area contributed by atoms with Gasteiger partial charge in [-0.3, -0.25) is 0 Å². The smallest absolute Gasteiger partial charge is 0.243 e. The monoisotopic (exact) mass is 333 g/mol. The summed E-state index contributed by atoms with van der Waals surface area (Å²) in [6.45, 7) is 4.73. The topological polar surface area (TPSA) is 110 Å². The zero-order valence-corrected chi connectivity index (χ0v) is 13.5. The van der Waals surface area contributed by atoms with Crippen molar-refractivity contribution in [2.24, 2.45) is 5.14 Å². The van der Waals surface area contributed by atoms with Gasteiger partial charge in [-0.2, -0.15) is 4.31 Å². The van der Waals surface area contributed by atoms with Gasteiger partial charge in [0.1, 0.15) is 0 Å². The lowest BCUT2D eigenvalue weighted by molar-refractivity contribution is 0.220. The maximum Gasteiger partial charge on any atom is 0.243 e. The minimum atomic E-state index is -3.94. The van der Waals surface area contributed by atoms with E-state index in [2.05, 4.69) is 5.32 Å². The lowest BCUT2D eigenvalue weighted by Gasteiger charge is -2.38. The second-order valence-corrected chi connectivity index (χ2v) is 8.62. The van der Waals surface area contributed by atoms with Crippen LogP contribution in [0.2, 0.25) is 0 Å². The second kappa shape index (κ2) is 5.65. The molecule has 0 bridgehead atoms. The summed E-state index contributed by atoms with van der Waals surface area (Å²) in [7, 11) is -7.71. The maximum absolute atomic E-state index is 12.7. The van der Waals surface area contributed by atoms with E-state index in [1.54, 1.807) is 0 Å². The predicted molar refractivity (Wildman–Crippen MR) is 78.6 cm³/mol. The summed E-state index contributed by atoms with van der Waals surface area (Å²) in [5.41, 5.74) is 0. The molecule has 2 atom stereocenters. The molecule has 0 aliphatic carbocycles. The van der Waals surface area contributed by atoms with Crippen molar-refractivity contribution in [1.82, 2.24) is 9.62 Å². The largest absolute Gasteiger partial charge is 0.314 e. The summed E-state index contributed by atoms with van der Waals surface area (Å²) in [4.78, 5) is -0.270. The van der Waals surface area contributed by atoms with Crippen LogP contribution in [0.4, 0.5) is 0 Å². The fraction of sp³-hybridized carbons (Fsp3) is 0.500. The summed E-state index contributed by atoms with van der Waals surface area (Å²) >= 11 is 0. The fourth-order valence-electron chi connectivity index (χ4n) is 2.52. The van der Waals surface area contributed by atoms with Gasteiger partial charge in [0.25, 0.3) is 0 Å². The van der Waals surface area contributed by atoms with Crippen molar-refractivity contribution in [2.45, 2.75) is 35.7 Å². The molecular formula is C12H19N3O4S2. The van der Waals surface area contributed by atoms with Crippen LogP contribution < -0.4 is 10.5 Å². The molecule has 21 heavy (non-hydrogen) atoms. The number of hydrogen-bond acceptors (Lipinski definition) is 5. The Labute approximate surface area is 125 Å². The third-order valence-electron chi connectivity index (χ3n) is 3.46. The molecule has 0 aromatic heterocycles. The van der Waals surface area contributed by atoms with Gasteiger partial charge in [-0.15, -0.1) is 0 Å². The van der Waals surface area contributed by atoms with Gasteiger partial charge in [-0.1, -0.05) is 6.07 Å². The first-order valence-electron chi connectivity index (χ1n) is 6.51. The molecule has 118 valence electrons. The van der Waals surface area contributed by atoms with E-state index in [-0.39, 0.29) is 21.9 Å². The number of nitrogens with two attached hydrogens (primary N) is 1. The van der Waals surface area contributed by atoms with Crippen molar-refractivity contribution < 1.29 is 16.8 Å². The SMILES string of the molecule is CC1CNCC(C)N1S(=O)(=O)c1cccc(S(N)(=O)=O)c1. The first-order valence-corrected chi connectivity index (χ1v) is 9.50. The number of benzene rings is 1. The lowest BCUT2D eigenvalue weighted by atomic mass is 10.2. The maximum atomic E-state index is 12.7. The highest BCUT2D eigenvalue weighted by Crippen LogP contribution is 2.24. The van der Waals surface area contributed by atoms with Crippen molar-refractivity contribution in [3.63, 3.8) is 0 Å². The molecule has 0 radical (unpaired) electrons. The van der Waals surface area contributed by atoms with E-state index in [9.17, 15) is 16.8 Å². The molecule has 0 saturated carbocycles. The molecule has 1 saturated heterocycles. The molecule has 3 N–H and O–H groups in total. The molecule has 2 rings (SSSR count). The van der Waals surface area contributed by atoms with Gasteiger partial charge in [-0.25, -0.2) is 22.0 Å². The van der Waals surface area contributed by atoms with Crippen molar-refractivity contribution in [2.75, 3.05) is 13.1 Å². The Hall–Kier alpha value is -1.00. The van der Waals surface area contributed by atoms with E-state index < -0.39 is 20.0 Å². The number of nitrogens with zero attached hydrogens (tertiary/aromatic N) is 1. The number of primary sulfonamides is 1. The normalized spacial score (nSPS) is 24.9. The van der Waals surface area contributed by atoms with Gasteiger partial charge in [0, 0.05) is 25.2 Å². The summed E-state index contributed by atoms with van der Waals surface area (Å²) in [5.74, 6) is 0. The average Bonchev–Trinajstić information content (AvgIpc) is 2.37. The molecule has 1 aromatic carbocycles. The van der Waals surface area contributed by atoms with Gasteiger partial charge in [0.2, 0.25) is 20.0 Å². The van der Waals surface area contributed by atoms with Crippen molar-refractivity contribution in [3.05, 3.63) is 24.3 Å². The molecule has 7 nitrogen and oxygen atoms in total. The molecule has 0 spiro atoms. The van der Waals surface area contributed by atoms with Crippen LogP contribution in [-0.2, 0) is 20.0 Å². The highest BCUT2D eigenvalue weighted by atomic mass is 32.2. The standard InChI is InChI=1S/C12H19N3O4S2/c1-9-7-14-8-10(2)15(9)21(18,19)12-5-3-4-11(6-12)20(13,16)17/h3-6,9-10,14H,7-8H2,1-2H3,(H2,13,16,17). The van der Waals surface area contributed by atoms with E-state index in [1.807, 2.05) is 13.8 Å². The quantitative estimate of drug-likeness (QED) is 0.789. The van der Waals surface area contributed by atoms with Crippen LogP contribution in [-0.4, -0.2) is 46.3 Å². The minimum absolute atomic E-state index is 0.0605. The van der Waals surface area contributed by atoms with Crippen LogP contribution in [0.3, 0.4) is 0 Å². The van der Waals surface area contributed by atoms with Crippen molar-refractivity contribution in [1.29, 1.82) is 0 Å². The molecule has 2 unspecified atom stereocenters. The van der Waals surface area contributed by atoms with E-state index in [4.69, 9.17) is 5.14 Å². The number of sulfonamides is 2. The number of rotatable bonds is 3. The molecule has 1 aromatic rings. The molecule has 1 heterocycles. The first-order chi connectivity index (χ1) is 9.64. The predicted octanol–water partition coefficient (Wildman–Crippen LogP) is -0.295. The van der Waals surface area contributed by atoms with E-state index in [0.29, 0.717) is 13.1 Å². The first kappa shape index (κ1) is 16.4. The number of hydrogen-bond donors (Lipinski definition) is 2. The minimum Gasteiger partial charge on any atom is -0.314 e. The van der Waals surface area contributed by atoms with Gasteiger partial charge in [0.05, 0.1) is 9.79 Å². The third kappa shape index (κ3) is 3.27. The van der Waals surface area contributed by atoms with Crippen LogP contribution in [0.5, 0.6) is 0 Å². The molecule has 1 fully saturated rings. The van der Waals surface area contributed by atoms with Gasteiger partial charge >= 0.3 is 0 Å². The lowest BCUT2D eigenvalue weighted by Crippen LogP contribution is -2.57. The Morgan fingerprint density at radius 3 is 2.14 bits per heavy atom. The molecular weight excluding hydrogens is 314 g/mol. The Balaban J connectivity index is 2.49. The average molecular weight is 333 g/mol.